The van der Waals surface area contributed by atoms with Crippen LogP contribution in [0.25, 0.3) is 0 Å². The highest BCUT2D eigenvalue weighted by molar-refractivity contribution is 14.0. The monoisotopic (exact) mass is 404 g/mol. The Morgan fingerprint density at radius 1 is 1.29 bits per heavy atom. The lowest BCUT2D eigenvalue weighted by Gasteiger charge is -2.29. The molecule has 1 aromatic rings. The summed E-state index contributed by atoms with van der Waals surface area (Å²) in [6.45, 7) is 10.1. The fourth-order valence-corrected chi connectivity index (χ4v) is 2.05. The summed E-state index contributed by atoms with van der Waals surface area (Å²) in [4.78, 5) is 4.40. The Bertz CT molecular complexity index is 418. The first-order valence-electron chi connectivity index (χ1n) is 7.31. The predicted octanol–water partition coefficient (Wildman–Crippen LogP) is 3.05. The predicted molar refractivity (Wildman–Crippen MR) is 102 cm³/mol. The minimum Gasteiger partial charge on any atom is -0.370 e. The molecule has 0 aliphatic rings. The van der Waals surface area contributed by atoms with Crippen LogP contribution in [0.2, 0.25) is 0 Å². The van der Waals surface area contributed by atoms with Crippen molar-refractivity contribution in [1.82, 2.24) is 10.6 Å². The van der Waals surface area contributed by atoms with Gasteiger partial charge in [0.15, 0.2) is 5.96 Å². The van der Waals surface area contributed by atoms with E-state index in [2.05, 4.69) is 67.6 Å². The fourth-order valence-electron chi connectivity index (χ4n) is 2.05. The van der Waals surface area contributed by atoms with Gasteiger partial charge >= 0.3 is 0 Å². The van der Waals surface area contributed by atoms with Crippen molar-refractivity contribution < 1.29 is 0 Å². The molecular formula is C16H29IN4. The van der Waals surface area contributed by atoms with Crippen LogP contribution in [0.4, 0.5) is 0 Å². The zero-order valence-corrected chi connectivity index (χ0v) is 15.8. The van der Waals surface area contributed by atoms with E-state index in [0.717, 1.165) is 13.0 Å². The molecule has 4 nitrogen and oxygen atoms in total. The Labute approximate surface area is 146 Å². The van der Waals surface area contributed by atoms with Crippen molar-refractivity contribution in [2.75, 3.05) is 13.1 Å². The highest BCUT2D eigenvalue weighted by Crippen LogP contribution is 2.16. The summed E-state index contributed by atoms with van der Waals surface area (Å²) in [5.74, 6) is 0.522. The number of nitrogens with two attached hydrogens (primary N) is 1. The van der Waals surface area contributed by atoms with E-state index in [1.807, 2.05) is 6.07 Å². The molecule has 1 rings (SSSR count). The topological polar surface area (TPSA) is 62.4 Å². The van der Waals surface area contributed by atoms with Gasteiger partial charge in [-0.25, -0.2) is 0 Å². The number of nitrogens with zero attached hydrogens (tertiary/aromatic N) is 1. The third-order valence-corrected chi connectivity index (χ3v) is 3.11. The Morgan fingerprint density at radius 2 is 1.90 bits per heavy atom. The zero-order valence-electron chi connectivity index (χ0n) is 13.5. The number of guanidine groups is 1. The second kappa shape index (κ2) is 10.00. The highest BCUT2D eigenvalue weighted by atomic mass is 127. The third kappa shape index (κ3) is 8.26. The van der Waals surface area contributed by atoms with E-state index in [1.54, 1.807) is 0 Å². The Kier molecular flexibility index (Phi) is 9.61. The average Bonchev–Trinajstić information content (AvgIpc) is 2.43. The van der Waals surface area contributed by atoms with E-state index in [-0.39, 0.29) is 35.6 Å². The number of aliphatic imine (C=N–C) groups is 1. The van der Waals surface area contributed by atoms with Gasteiger partial charge in [-0.1, -0.05) is 37.3 Å². The second-order valence-corrected chi connectivity index (χ2v) is 5.79. The summed E-state index contributed by atoms with van der Waals surface area (Å²) in [7, 11) is 0. The van der Waals surface area contributed by atoms with Crippen LogP contribution in [0.5, 0.6) is 0 Å². The van der Waals surface area contributed by atoms with Gasteiger partial charge in [-0.2, -0.15) is 0 Å². The van der Waals surface area contributed by atoms with Gasteiger partial charge in [-0.15, -0.1) is 24.0 Å². The maximum atomic E-state index is 5.82. The summed E-state index contributed by atoms with van der Waals surface area (Å²) >= 11 is 0. The standard InChI is InChI=1S/C16H28N4.HI/c1-5-11-18-15(17)19-12-16(3,4)20-13(2)14-9-7-6-8-10-14;/h6-10,13,20H,5,11-12H2,1-4H3,(H3,17,18,19);1H. The summed E-state index contributed by atoms with van der Waals surface area (Å²) in [5, 5.41) is 6.68. The third-order valence-electron chi connectivity index (χ3n) is 3.11. The van der Waals surface area contributed by atoms with Crippen LogP contribution in [0.15, 0.2) is 35.3 Å². The molecule has 4 N–H and O–H groups in total. The molecule has 1 unspecified atom stereocenters. The zero-order chi connectivity index (χ0) is 15.0. The number of halogens is 1. The van der Waals surface area contributed by atoms with Crippen molar-refractivity contribution >= 4 is 29.9 Å². The summed E-state index contributed by atoms with van der Waals surface area (Å²) < 4.78 is 0. The van der Waals surface area contributed by atoms with Crippen LogP contribution in [-0.4, -0.2) is 24.6 Å². The van der Waals surface area contributed by atoms with Crippen molar-refractivity contribution in [3.8, 4) is 0 Å². The minimum atomic E-state index is -0.103. The minimum absolute atomic E-state index is 0. The lowest BCUT2D eigenvalue weighted by Crippen LogP contribution is -2.44. The molecule has 0 aliphatic heterocycles. The van der Waals surface area contributed by atoms with Crippen molar-refractivity contribution in [2.45, 2.75) is 45.7 Å². The van der Waals surface area contributed by atoms with Gasteiger partial charge in [0.25, 0.3) is 0 Å². The van der Waals surface area contributed by atoms with Crippen molar-refractivity contribution in [3.05, 3.63) is 35.9 Å². The lowest BCUT2D eigenvalue weighted by atomic mass is 10.0. The summed E-state index contributed by atoms with van der Waals surface area (Å²) in [5.41, 5.74) is 7.00. The molecule has 120 valence electrons. The molecule has 0 saturated heterocycles. The normalized spacial score (nSPS) is 13.4. The van der Waals surface area contributed by atoms with E-state index < -0.39 is 0 Å². The van der Waals surface area contributed by atoms with E-state index >= 15 is 0 Å². The SMILES string of the molecule is CCCNC(N)=NCC(C)(C)NC(C)c1ccccc1.I. The molecule has 5 heteroatoms. The van der Waals surface area contributed by atoms with Gasteiger partial charge in [0.1, 0.15) is 0 Å². The van der Waals surface area contributed by atoms with Crippen LogP contribution in [0, 0.1) is 0 Å². The number of hydrogen-bond donors (Lipinski definition) is 3. The van der Waals surface area contributed by atoms with E-state index in [0.29, 0.717) is 12.5 Å². The Balaban J connectivity index is 0.00000400. The van der Waals surface area contributed by atoms with Crippen molar-refractivity contribution in [3.63, 3.8) is 0 Å². The number of benzene rings is 1. The highest BCUT2D eigenvalue weighted by Gasteiger charge is 2.20. The summed E-state index contributed by atoms with van der Waals surface area (Å²) in [6, 6.07) is 10.7. The van der Waals surface area contributed by atoms with Crippen LogP contribution in [0.3, 0.4) is 0 Å². The molecule has 0 aromatic heterocycles. The molecule has 0 heterocycles. The quantitative estimate of drug-likeness (QED) is 0.372. The van der Waals surface area contributed by atoms with Gasteiger partial charge < -0.3 is 16.4 Å². The largest absolute Gasteiger partial charge is 0.370 e. The fraction of sp³-hybridized carbons (Fsp3) is 0.562. The summed E-state index contributed by atoms with van der Waals surface area (Å²) in [6.07, 6.45) is 1.04. The molecule has 0 aliphatic carbocycles. The molecule has 0 amide bonds. The average molecular weight is 404 g/mol. The van der Waals surface area contributed by atoms with E-state index in [4.69, 9.17) is 5.73 Å². The van der Waals surface area contributed by atoms with Crippen LogP contribution in [-0.2, 0) is 0 Å². The molecule has 0 radical (unpaired) electrons. The van der Waals surface area contributed by atoms with Gasteiger partial charge in [0, 0.05) is 18.1 Å². The lowest BCUT2D eigenvalue weighted by molar-refractivity contribution is 0.357. The first-order valence-corrected chi connectivity index (χ1v) is 7.31. The van der Waals surface area contributed by atoms with Gasteiger partial charge in [-0.05, 0) is 32.8 Å². The molecular weight excluding hydrogens is 375 g/mol. The van der Waals surface area contributed by atoms with Gasteiger partial charge in [-0.3, -0.25) is 4.99 Å². The maximum absolute atomic E-state index is 5.82. The first-order chi connectivity index (χ1) is 9.44. The van der Waals surface area contributed by atoms with Crippen molar-refractivity contribution in [1.29, 1.82) is 0 Å². The molecule has 0 fully saturated rings. The Morgan fingerprint density at radius 3 is 2.48 bits per heavy atom. The number of rotatable bonds is 7. The smallest absolute Gasteiger partial charge is 0.188 e. The molecule has 21 heavy (non-hydrogen) atoms. The Hall–Kier alpha value is -0.820. The van der Waals surface area contributed by atoms with Crippen LogP contribution < -0.4 is 16.4 Å². The number of hydrogen-bond acceptors (Lipinski definition) is 2. The molecule has 1 aromatic carbocycles. The van der Waals surface area contributed by atoms with E-state index in [9.17, 15) is 0 Å². The van der Waals surface area contributed by atoms with Crippen LogP contribution >= 0.6 is 24.0 Å². The molecule has 0 spiro atoms. The van der Waals surface area contributed by atoms with Gasteiger partial charge in [0.05, 0.1) is 6.54 Å². The molecule has 0 saturated carbocycles. The molecule has 0 bridgehead atoms. The van der Waals surface area contributed by atoms with E-state index in [1.165, 1.54) is 5.56 Å². The second-order valence-electron chi connectivity index (χ2n) is 5.79. The van der Waals surface area contributed by atoms with Gasteiger partial charge in [0.2, 0.25) is 0 Å². The number of nitrogens with one attached hydrogen (secondary N) is 2. The first kappa shape index (κ1) is 20.2. The van der Waals surface area contributed by atoms with Crippen molar-refractivity contribution in [2.24, 2.45) is 10.7 Å². The molecule has 1 atom stereocenters. The maximum Gasteiger partial charge on any atom is 0.188 e. The van der Waals surface area contributed by atoms with Crippen LogP contribution in [0.1, 0.15) is 45.7 Å².